The van der Waals surface area contributed by atoms with Crippen molar-refractivity contribution in [2.24, 2.45) is 5.73 Å². The summed E-state index contributed by atoms with van der Waals surface area (Å²) < 4.78 is 0. The van der Waals surface area contributed by atoms with Crippen LogP contribution in [0.3, 0.4) is 0 Å². The molecule has 0 aliphatic heterocycles. The second-order valence-corrected chi connectivity index (χ2v) is 0.521. The molecule has 0 saturated heterocycles. The summed E-state index contributed by atoms with van der Waals surface area (Å²) in [7, 11) is 1.00. The average Bonchev–Trinajstić information content (AvgIpc) is 1.75. The van der Waals surface area contributed by atoms with Gasteiger partial charge in [0, 0.05) is 7.11 Å². The molecule has 0 aliphatic rings. The molecule has 0 radical (unpaired) electrons. The van der Waals surface area contributed by atoms with E-state index in [1.165, 1.54) is 12.3 Å². The Morgan fingerprint density at radius 1 is 1.57 bits per heavy atom. The molecule has 0 spiro atoms. The van der Waals surface area contributed by atoms with Crippen LogP contribution >= 0.6 is 0 Å². The normalized spacial score (nSPS) is 7.14. The highest BCUT2D eigenvalue weighted by Gasteiger charge is 1.48. The highest BCUT2D eigenvalue weighted by Crippen LogP contribution is 1.44. The lowest BCUT2D eigenvalue weighted by atomic mass is 10.7. The number of hydrogen-bond acceptors (Lipinski definition) is 3. The van der Waals surface area contributed by atoms with Gasteiger partial charge in [-0.2, -0.15) is 0 Å². The molecule has 0 saturated carbocycles. The molecule has 0 bridgehead atoms. The van der Waals surface area contributed by atoms with E-state index in [9.17, 15) is 4.79 Å². The first kappa shape index (κ1) is 9.48. The predicted molar refractivity (Wildman–Crippen MR) is 27.5 cm³/mol. The highest BCUT2D eigenvalue weighted by atomic mass is 16.2. The predicted octanol–water partition coefficient (Wildman–Crippen LogP) is -0.734. The third-order valence-corrected chi connectivity index (χ3v) is 0.190. The molecule has 3 heteroatoms. The van der Waals surface area contributed by atoms with Gasteiger partial charge in [0.1, 0.15) is 6.29 Å². The quantitative estimate of drug-likeness (QED) is 0.339. The molecule has 0 aliphatic carbocycles. The van der Waals surface area contributed by atoms with Crippen molar-refractivity contribution >= 4 is 6.29 Å². The molecule has 3 N–H and O–H groups in total. The van der Waals surface area contributed by atoms with Crippen LogP contribution in [0.1, 0.15) is 0 Å². The first-order valence-corrected chi connectivity index (χ1v) is 1.68. The molecule has 42 valence electrons. The van der Waals surface area contributed by atoms with Crippen molar-refractivity contribution in [2.45, 2.75) is 0 Å². The summed E-state index contributed by atoms with van der Waals surface area (Å²) in [5, 5.41) is 7.00. The monoisotopic (exact) mass is 103 g/mol. The van der Waals surface area contributed by atoms with E-state index in [1.54, 1.807) is 0 Å². The van der Waals surface area contributed by atoms with Crippen molar-refractivity contribution in [3.63, 3.8) is 0 Å². The van der Waals surface area contributed by atoms with E-state index in [-0.39, 0.29) is 0 Å². The zero-order valence-electron chi connectivity index (χ0n) is 4.16. The molecule has 0 fully saturated rings. The molecular formula is C4H9NO2. The van der Waals surface area contributed by atoms with Crippen molar-refractivity contribution < 1.29 is 9.90 Å². The highest BCUT2D eigenvalue weighted by molar-refractivity contribution is 5.64. The van der Waals surface area contributed by atoms with E-state index in [4.69, 9.17) is 10.8 Å². The van der Waals surface area contributed by atoms with Gasteiger partial charge in [-0.3, -0.25) is 4.79 Å². The molecule has 7 heavy (non-hydrogen) atoms. The second kappa shape index (κ2) is 19.1. The van der Waals surface area contributed by atoms with Gasteiger partial charge in [0.25, 0.3) is 0 Å². The number of hydrogen-bond donors (Lipinski definition) is 2. The number of carbonyl (C=O) groups excluding carboxylic acids is 1. The summed E-state index contributed by atoms with van der Waals surface area (Å²) in [4.78, 5) is 9.24. The molecule has 0 unspecified atom stereocenters. The maximum atomic E-state index is 9.24. The number of aliphatic hydroxyl groups excluding tert-OH is 1. The van der Waals surface area contributed by atoms with Crippen LogP contribution in [0, 0.1) is 0 Å². The standard InChI is InChI=1S/C3H5NO.CH4O/c4-2-1-3-5;1-2/h1-3H,4H2;2H,1H3/b2-1+;. The van der Waals surface area contributed by atoms with Gasteiger partial charge in [0.05, 0.1) is 0 Å². The maximum Gasteiger partial charge on any atom is 0.144 e. The number of rotatable bonds is 1. The van der Waals surface area contributed by atoms with Crippen LogP contribution in [-0.4, -0.2) is 18.5 Å². The summed E-state index contributed by atoms with van der Waals surface area (Å²) >= 11 is 0. The Labute approximate surface area is 42.4 Å². The van der Waals surface area contributed by atoms with Gasteiger partial charge >= 0.3 is 0 Å². The average molecular weight is 103 g/mol. The van der Waals surface area contributed by atoms with Crippen LogP contribution < -0.4 is 5.73 Å². The zero-order chi connectivity index (χ0) is 6.12. The fraction of sp³-hybridized carbons (Fsp3) is 0.250. The van der Waals surface area contributed by atoms with E-state index >= 15 is 0 Å². The molecule has 0 heterocycles. The summed E-state index contributed by atoms with van der Waals surface area (Å²) in [6.45, 7) is 0. The Kier molecular flexibility index (Phi) is 25.9. The molecule has 0 aromatic rings. The maximum absolute atomic E-state index is 9.24. The number of carbonyl (C=O) groups is 1. The van der Waals surface area contributed by atoms with Gasteiger partial charge in [0.15, 0.2) is 0 Å². The second-order valence-electron chi connectivity index (χ2n) is 0.521. The first-order chi connectivity index (χ1) is 3.41. The molecule has 0 atom stereocenters. The largest absolute Gasteiger partial charge is 0.405 e. The van der Waals surface area contributed by atoms with Gasteiger partial charge in [-0.15, -0.1) is 0 Å². The molecule has 0 aromatic heterocycles. The third-order valence-electron chi connectivity index (χ3n) is 0.190. The lowest BCUT2D eigenvalue weighted by Gasteiger charge is -1.54. The van der Waals surface area contributed by atoms with Gasteiger partial charge in [-0.25, -0.2) is 0 Å². The van der Waals surface area contributed by atoms with E-state index in [2.05, 4.69) is 0 Å². The van der Waals surface area contributed by atoms with Crippen molar-refractivity contribution in [1.82, 2.24) is 0 Å². The Morgan fingerprint density at radius 3 is 2.00 bits per heavy atom. The first-order valence-electron chi connectivity index (χ1n) is 1.68. The Hall–Kier alpha value is -0.830. The lowest BCUT2D eigenvalue weighted by molar-refractivity contribution is -0.104. The van der Waals surface area contributed by atoms with Crippen LogP contribution in [0.2, 0.25) is 0 Å². The zero-order valence-corrected chi connectivity index (χ0v) is 4.16. The van der Waals surface area contributed by atoms with Gasteiger partial charge < -0.3 is 10.8 Å². The summed E-state index contributed by atoms with van der Waals surface area (Å²) in [5.74, 6) is 0. The van der Waals surface area contributed by atoms with Crippen molar-refractivity contribution in [3.05, 3.63) is 12.3 Å². The lowest BCUT2D eigenvalue weighted by Crippen LogP contribution is -1.73. The van der Waals surface area contributed by atoms with Gasteiger partial charge in [-0.1, -0.05) is 0 Å². The van der Waals surface area contributed by atoms with Crippen molar-refractivity contribution in [3.8, 4) is 0 Å². The van der Waals surface area contributed by atoms with Crippen LogP contribution in [-0.2, 0) is 4.79 Å². The minimum Gasteiger partial charge on any atom is -0.405 e. The Balaban J connectivity index is 0. The Morgan fingerprint density at radius 2 is 2.00 bits per heavy atom. The number of nitrogens with two attached hydrogens (primary N) is 1. The number of aldehydes is 1. The van der Waals surface area contributed by atoms with Gasteiger partial charge in [0.2, 0.25) is 0 Å². The van der Waals surface area contributed by atoms with Crippen LogP contribution in [0.5, 0.6) is 0 Å². The minimum atomic E-state index is 0.625. The smallest absolute Gasteiger partial charge is 0.144 e. The molecule has 0 rings (SSSR count). The van der Waals surface area contributed by atoms with E-state index in [1.807, 2.05) is 0 Å². The molecule has 0 amide bonds. The van der Waals surface area contributed by atoms with Crippen molar-refractivity contribution in [2.75, 3.05) is 7.11 Å². The van der Waals surface area contributed by atoms with E-state index in [0.29, 0.717) is 6.29 Å². The Bertz CT molecular complexity index is 51.7. The SMILES string of the molecule is CO.N/C=C/C=O. The van der Waals surface area contributed by atoms with E-state index in [0.717, 1.165) is 7.11 Å². The fourth-order valence-corrected chi connectivity index (χ4v) is 0.0454. The topological polar surface area (TPSA) is 63.3 Å². The molecular weight excluding hydrogens is 94.0 g/mol. The van der Waals surface area contributed by atoms with E-state index < -0.39 is 0 Å². The minimum absolute atomic E-state index is 0.625. The molecule has 3 nitrogen and oxygen atoms in total. The number of allylic oxidation sites excluding steroid dienone is 1. The molecule has 0 aromatic carbocycles. The third kappa shape index (κ3) is 38.0. The summed E-state index contributed by atoms with van der Waals surface area (Å²) in [6, 6.07) is 0. The number of aliphatic hydroxyl groups is 1. The van der Waals surface area contributed by atoms with Crippen LogP contribution in [0.4, 0.5) is 0 Å². The van der Waals surface area contributed by atoms with Crippen molar-refractivity contribution in [1.29, 1.82) is 0 Å². The fourth-order valence-electron chi connectivity index (χ4n) is 0.0454. The van der Waals surface area contributed by atoms with Crippen LogP contribution in [0.15, 0.2) is 12.3 Å². The van der Waals surface area contributed by atoms with Gasteiger partial charge in [-0.05, 0) is 12.3 Å². The van der Waals surface area contributed by atoms with Crippen LogP contribution in [0.25, 0.3) is 0 Å². The summed E-state index contributed by atoms with van der Waals surface area (Å²) in [5.41, 5.74) is 4.73. The summed E-state index contributed by atoms with van der Waals surface area (Å²) in [6.07, 6.45) is 3.03.